The van der Waals surface area contributed by atoms with Gasteiger partial charge in [-0.2, -0.15) is 0 Å². The van der Waals surface area contributed by atoms with Gasteiger partial charge in [0.05, 0.1) is 18.4 Å². The zero-order valence-electron chi connectivity index (χ0n) is 44.0. The van der Waals surface area contributed by atoms with Crippen molar-refractivity contribution in [1.29, 1.82) is 0 Å². The normalized spacial score (nSPS) is 23.5. The van der Waals surface area contributed by atoms with Gasteiger partial charge in [-0.05, 0) is 76.1 Å². The number of hydrogen-bond acceptors (Lipinski definition) is 13. The van der Waals surface area contributed by atoms with E-state index in [1.54, 1.807) is 25.1 Å². The summed E-state index contributed by atoms with van der Waals surface area (Å²) in [7, 11) is 0. The zero-order chi connectivity index (χ0) is 57.4. The molecule has 1 heterocycles. The number of benzene rings is 2. The highest BCUT2D eigenvalue weighted by Crippen LogP contribution is 2.20. The number of carbonyl (C=O) groups excluding carboxylic acids is 8. The van der Waals surface area contributed by atoms with Crippen LogP contribution in [0.15, 0.2) is 95.2 Å². The summed E-state index contributed by atoms with van der Waals surface area (Å²) < 4.78 is 5.67. The highest BCUT2D eigenvalue weighted by molar-refractivity contribution is 6.00. The second-order valence-electron chi connectivity index (χ2n) is 18.6. The molecule has 3 rings (SSSR count). The van der Waals surface area contributed by atoms with E-state index in [1.165, 1.54) is 52.0 Å². The fraction of sp³-hybridized carbons (Fsp3) is 0.453. The van der Waals surface area contributed by atoms with Crippen LogP contribution in [0.4, 0.5) is 0 Å². The van der Waals surface area contributed by atoms with Crippen LogP contribution in [0.3, 0.4) is 0 Å². The van der Waals surface area contributed by atoms with Crippen molar-refractivity contribution >= 4 is 65.2 Å². The van der Waals surface area contributed by atoms with Gasteiger partial charge in [-0.15, -0.1) is 0 Å². The number of carbonyl (C=O) groups is 10. The summed E-state index contributed by atoms with van der Waals surface area (Å²) in [4.78, 5) is 137. The average Bonchev–Trinajstić information content (AvgIpc) is 3.36. The predicted octanol–water partition coefficient (Wildman–Crippen LogP) is 0.629. The van der Waals surface area contributed by atoms with Gasteiger partial charge in [0.15, 0.2) is 5.96 Å². The summed E-state index contributed by atoms with van der Waals surface area (Å²) in [5.41, 5.74) is 12.8. The average molecular weight is 1070 g/mol. The lowest BCUT2D eigenvalue weighted by Crippen LogP contribution is -2.56. The first kappa shape index (κ1) is 62.7. The SMILES string of the molecule is C/C=C1/NC(=O)CC[C@H](C(=O)O)NC(=O)[C@@H](C)[C@H](/C=C/C(C)=C/[C@H](C)[C@H](Cc2ccccc2)OC(C)=O)NC(=O)[C@H](CCCN=C(N)N)NC(=O)C[C@H](C(=O)O)NC(=O)[C@H](CCc2ccc(O)cc2)NC(=O)[C@@H](C)NC1=O. The van der Waals surface area contributed by atoms with Gasteiger partial charge in [-0.1, -0.05) is 86.2 Å². The van der Waals surface area contributed by atoms with Crippen molar-refractivity contribution in [1.82, 2.24) is 37.2 Å². The van der Waals surface area contributed by atoms with Gasteiger partial charge in [0, 0.05) is 32.2 Å². The lowest BCUT2D eigenvalue weighted by atomic mass is 9.94. The van der Waals surface area contributed by atoms with Crippen LogP contribution in [-0.4, -0.2) is 129 Å². The Balaban J connectivity index is 2.11. The molecule has 77 heavy (non-hydrogen) atoms. The van der Waals surface area contributed by atoms with E-state index in [0.717, 1.165) is 5.56 Å². The first-order valence-corrected chi connectivity index (χ1v) is 25.0. The minimum Gasteiger partial charge on any atom is -0.508 e. The topological polar surface area (TPSA) is 389 Å². The van der Waals surface area contributed by atoms with E-state index >= 15 is 0 Å². The molecule has 418 valence electrons. The minimum atomic E-state index is -1.93. The molecule has 0 bridgehead atoms. The van der Waals surface area contributed by atoms with Crippen LogP contribution in [0.25, 0.3) is 0 Å². The van der Waals surface area contributed by atoms with Gasteiger partial charge in [-0.25, -0.2) is 9.59 Å². The molecule has 7 amide bonds. The van der Waals surface area contributed by atoms with Crippen molar-refractivity contribution in [2.45, 2.75) is 135 Å². The number of ether oxygens (including phenoxy) is 1. The lowest BCUT2D eigenvalue weighted by Gasteiger charge is -2.27. The Morgan fingerprint density at radius 3 is 2.00 bits per heavy atom. The number of hydrogen-bond donors (Lipinski definition) is 12. The maximum Gasteiger partial charge on any atom is 0.326 e. The smallest absolute Gasteiger partial charge is 0.326 e. The van der Waals surface area contributed by atoms with Crippen LogP contribution < -0.4 is 48.7 Å². The third-order valence-electron chi connectivity index (χ3n) is 12.3. The van der Waals surface area contributed by atoms with Gasteiger partial charge >= 0.3 is 17.9 Å². The van der Waals surface area contributed by atoms with Crippen LogP contribution in [0.5, 0.6) is 5.75 Å². The number of carboxylic acid groups (broad SMARTS) is 2. The molecule has 24 nitrogen and oxygen atoms in total. The standard InChI is InChI=1S/C53H72N10O14/c1-7-37-48(70)57-32(5)47(69)61-40(22-18-34-16-19-36(65)20-17-34)50(72)63-42(52(75)76)28-45(67)59-39(14-11-25-56-53(54)55)49(71)60-38(31(4)46(68)62-41(51(73)74)23-24-44(66)58-37)21-15-29(2)26-30(3)43(77-33(6)64)27-35-12-9-8-10-13-35/h7-10,12-13,15-17,19-21,26,30-32,38-43,65H,11,14,18,22-25,27-28H2,1-6H3,(H,57,70)(H,58,66)(H,59,67)(H,60,71)(H,61,69)(H,62,68)(H,63,72)(H,73,74)(H,75,76)(H4,54,55,56)/b21-15+,29-26+,37-7+/t30-,31-,32+,38-,39-,40-,41+,42+,43-/m0/s1. The molecule has 0 saturated carbocycles. The van der Waals surface area contributed by atoms with E-state index in [4.69, 9.17) is 16.2 Å². The van der Waals surface area contributed by atoms with Gasteiger partial charge in [0.2, 0.25) is 35.4 Å². The van der Waals surface area contributed by atoms with Crippen molar-refractivity contribution in [2.75, 3.05) is 6.54 Å². The number of aliphatic imine (C=N–C) groups is 1. The molecule has 0 unspecified atom stereocenters. The largest absolute Gasteiger partial charge is 0.508 e. The molecule has 2 aromatic rings. The van der Waals surface area contributed by atoms with Crippen LogP contribution in [0.2, 0.25) is 0 Å². The number of amides is 7. The van der Waals surface area contributed by atoms with Crippen molar-refractivity contribution < 1.29 is 68.0 Å². The number of esters is 1. The van der Waals surface area contributed by atoms with E-state index in [1.807, 2.05) is 43.3 Å². The quantitative estimate of drug-likeness (QED) is 0.0274. The number of rotatable bonds is 16. The van der Waals surface area contributed by atoms with E-state index in [0.29, 0.717) is 17.6 Å². The first-order valence-electron chi connectivity index (χ1n) is 25.0. The zero-order valence-corrected chi connectivity index (χ0v) is 44.0. The second-order valence-corrected chi connectivity index (χ2v) is 18.6. The maximum absolute atomic E-state index is 14.4. The van der Waals surface area contributed by atoms with Crippen LogP contribution in [0, 0.1) is 11.8 Å². The molecule has 1 aliphatic rings. The molecule has 1 saturated heterocycles. The van der Waals surface area contributed by atoms with Crippen molar-refractivity contribution in [3.63, 3.8) is 0 Å². The Kier molecular flexibility index (Phi) is 25.5. The van der Waals surface area contributed by atoms with Gasteiger partial charge in [0.1, 0.15) is 47.8 Å². The molecule has 1 fully saturated rings. The number of aryl methyl sites for hydroxylation is 1. The number of phenolic OH excluding ortho intramolecular Hbond substituents is 1. The Bertz CT molecular complexity index is 2550. The number of carboxylic acids is 2. The Hall–Kier alpha value is -8.57. The highest BCUT2D eigenvalue weighted by atomic mass is 16.5. The molecular weight excluding hydrogens is 1000 g/mol. The summed E-state index contributed by atoms with van der Waals surface area (Å²) in [6.07, 6.45) is 3.86. The molecule has 0 radical (unpaired) electrons. The number of allylic oxidation sites excluding steroid dienone is 3. The second kappa shape index (κ2) is 31.3. The molecule has 0 aliphatic carbocycles. The maximum atomic E-state index is 14.4. The summed E-state index contributed by atoms with van der Waals surface area (Å²) in [6, 6.07) is 6.14. The molecule has 2 aromatic carbocycles. The molecular formula is C53H72N10O14. The van der Waals surface area contributed by atoms with Gasteiger partial charge < -0.3 is 68.7 Å². The summed E-state index contributed by atoms with van der Waals surface area (Å²) >= 11 is 0. The van der Waals surface area contributed by atoms with E-state index in [2.05, 4.69) is 42.2 Å². The predicted molar refractivity (Wildman–Crippen MR) is 282 cm³/mol. The summed E-state index contributed by atoms with van der Waals surface area (Å²) in [5.74, 6) is -12.1. The third kappa shape index (κ3) is 22.4. The van der Waals surface area contributed by atoms with E-state index in [9.17, 15) is 63.3 Å². The Morgan fingerprint density at radius 1 is 0.766 bits per heavy atom. The Labute approximate surface area is 446 Å². The van der Waals surface area contributed by atoms with Crippen LogP contribution >= 0.6 is 0 Å². The minimum absolute atomic E-state index is 0.0110. The number of aromatic hydroxyl groups is 1. The number of phenols is 1. The van der Waals surface area contributed by atoms with E-state index in [-0.39, 0.29) is 55.6 Å². The molecule has 9 atom stereocenters. The van der Waals surface area contributed by atoms with Gasteiger partial charge in [-0.3, -0.25) is 43.3 Å². The fourth-order valence-corrected chi connectivity index (χ4v) is 7.87. The first-order chi connectivity index (χ1) is 36.4. The van der Waals surface area contributed by atoms with Crippen molar-refractivity contribution in [2.24, 2.45) is 28.3 Å². The summed E-state index contributed by atoms with van der Waals surface area (Å²) in [5, 5.41) is 47.4. The lowest BCUT2D eigenvalue weighted by molar-refractivity contribution is -0.148. The third-order valence-corrected chi connectivity index (χ3v) is 12.3. The van der Waals surface area contributed by atoms with E-state index < -0.39 is 127 Å². The molecule has 24 heteroatoms. The fourth-order valence-electron chi connectivity index (χ4n) is 7.87. The number of aliphatic carboxylic acids is 2. The van der Waals surface area contributed by atoms with Crippen LogP contribution in [0.1, 0.15) is 91.2 Å². The van der Waals surface area contributed by atoms with Crippen molar-refractivity contribution in [3.8, 4) is 5.75 Å². The Morgan fingerprint density at radius 2 is 1.39 bits per heavy atom. The number of guanidine groups is 1. The van der Waals surface area contributed by atoms with Crippen LogP contribution in [-0.2, 0) is 65.5 Å². The number of nitrogens with zero attached hydrogens (tertiary/aromatic N) is 1. The molecule has 0 aromatic heterocycles. The van der Waals surface area contributed by atoms with Crippen molar-refractivity contribution in [3.05, 3.63) is 101 Å². The summed E-state index contributed by atoms with van der Waals surface area (Å²) in [6.45, 7) is 8.92. The highest BCUT2D eigenvalue weighted by Gasteiger charge is 2.34. The monoisotopic (exact) mass is 1070 g/mol. The molecule has 1 aliphatic heterocycles. The molecule has 14 N–H and O–H groups in total. The molecule has 0 spiro atoms. The van der Waals surface area contributed by atoms with Gasteiger partial charge in [0.25, 0.3) is 5.91 Å². The number of nitrogens with two attached hydrogens (primary N) is 2. The number of nitrogens with one attached hydrogen (secondary N) is 7.